The highest BCUT2D eigenvalue weighted by atomic mass is 79.9. The molecule has 0 bridgehead atoms. The van der Waals surface area contributed by atoms with E-state index in [1.165, 1.54) is 37.9 Å². The highest BCUT2D eigenvalue weighted by molar-refractivity contribution is 9.09. The minimum Gasteiger partial charge on any atom is -0.459 e. The van der Waals surface area contributed by atoms with Crippen molar-refractivity contribution in [1.29, 1.82) is 0 Å². The lowest BCUT2D eigenvalue weighted by atomic mass is 10.1. The Balaban J connectivity index is 1.80. The maximum absolute atomic E-state index is 12.1. The van der Waals surface area contributed by atoms with Crippen molar-refractivity contribution in [3.05, 3.63) is 35.4 Å². The molecule has 4 heteroatoms. The predicted octanol–water partition coefficient (Wildman–Crippen LogP) is 3.60. The zero-order chi connectivity index (χ0) is 15.3. The van der Waals surface area contributed by atoms with Gasteiger partial charge in [-0.2, -0.15) is 0 Å². The molecule has 3 nitrogen and oxygen atoms in total. The third-order valence-electron chi connectivity index (χ3n) is 4.35. The van der Waals surface area contributed by atoms with Crippen molar-refractivity contribution in [2.45, 2.75) is 31.0 Å². The number of benzene rings is 1. The molecule has 1 aromatic carbocycles. The van der Waals surface area contributed by atoms with Crippen LogP contribution in [0, 0.1) is 6.92 Å². The number of hydrogen-bond donors (Lipinski definition) is 0. The van der Waals surface area contributed by atoms with Crippen molar-refractivity contribution in [1.82, 2.24) is 0 Å². The van der Waals surface area contributed by atoms with Gasteiger partial charge in [-0.25, -0.2) is 0 Å². The van der Waals surface area contributed by atoms with E-state index in [0.717, 1.165) is 16.6 Å². The van der Waals surface area contributed by atoms with Gasteiger partial charge in [-0.3, -0.25) is 4.79 Å². The zero-order valence-electron chi connectivity index (χ0n) is 13.0. The van der Waals surface area contributed by atoms with Gasteiger partial charge in [-0.05, 0) is 31.7 Å². The number of esters is 1. The molecule has 1 unspecified atom stereocenters. The molecule has 0 amide bonds. The molecular formula is C17H25BrNO2+. The Hall–Kier alpha value is -0.870. The second kappa shape index (κ2) is 7.41. The molecule has 1 heterocycles. The van der Waals surface area contributed by atoms with Crippen LogP contribution < -0.4 is 0 Å². The summed E-state index contributed by atoms with van der Waals surface area (Å²) in [6.45, 7) is 5.86. The minimum atomic E-state index is -0.371. The Bertz CT molecular complexity index is 466. The molecule has 0 N–H and O–H groups in total. The summed E-state index contributed by atoms with van der Waals surface area (Å²) in [6.07, 6.45) is 3.91. The molecule has 0 radical (unpaired) electrons. The van der Waals surface area contributed by atoms with E-state index in [-0.39, 0.29) is 10.8 Å². The molecule has 21 heavy (non-hydrogen) atoms. The average Bonchev–Trinajstić information content (AvgIpc) is 2.48. The SMILES string of the molecule is Cc1ccc(C(Br)C(=O)OCC[N+]2(C)CCCCC2)cc1. The number of likely N-dealkylation sites (tertiary alicyclic amines) is 1. The Kier molecular flexibility index (Phi) is 5.82. The van der Waals surface area contributed by atoms with E-state index in [2.05, 4.69) is 23.0 Å². The summed E-state index contributed by atoms with van der Waals surface area (Å²) >= 11 is 3.44. The lowest BCUT2D eigenvalue weighted by Crippen LogP contribution is -2.49. The van der Waals surface area contributed by atoms with Gasteiger partial charge in [0.15, 0.2) is 0 Å². The molecule has 0 aromatic heterocycles. The number of ether oxygens (including phenoxy) is 1. The van der Waals surface area contributed by atoms with Gasteiger partial charge in [-0.15, -0.1) is 0 Å². The largest absolute Gasteiger partial charge is 0.459 e. The molecule has 1 fully saturated rings. The number of hydrogen-bond acceptors (Lipinski definition) is 2. The van der Waals surface area contributed by atoms with Gasteiger partial charge in [-0.1, -0.05) is 45.8 Å². The quantitative estimate of drug-likeness (QED) is 0.458. The van der Waals surface area contributed by atoms with Crippen molar-refractivity contribution in [3.63, 3.8) is 0 Å². The third kappa shape index (κ3) is 4.82. The van der Waals surface area contributed by atoms with Crippen LogP contribution >= 0.6 is 15.9 Å². The van der Waals surface area contributed by atoms with Gasteiger partial charge in [0.25, 0.3) is 0 Å². The first kappa shape index (κ1) is 16.5. The summed E-state index contributed by atoms with van der Waals surface area (Å²) in [5.74, 6) is -0.192. The van der Waals surface area contributed by atoms with Gasteiger partial charge < -0.3 is 9.22 Å². The fraction of sp³-hybridized carbons (Fsp3) is 0.588. The maximum atomic E-state index is 12.1. The van der Waals surface area contributed by atoms with Crippen molar-refractivity contribution in [2.24, 2.45) is 0 Å². The van der Waals surface area contributed by atoms with Crippen LogP contribution in [0.15, 0.2) is 24.3 Å². The first-order chi connectivity index (χ1) is 10.0. The molecule has 1 aliphatic heterocycles. The number of aryl methyl sites for hydroxylation is 1. The fourth-order valence-electron chi connectivity index (χ4n) is 2.81. The van der Waals surface area contributed by atoms with E-state index in [9.17, 15) is 4.79 Å². The highest BCUT2D eigenvalue weighted by Crippen LogP contribution is 2.24. The number of likely N-dealkylation sites (N-methyl/N-ethyl adjacent to an activating group) is 1. The fourth-order valence-corrected chi connectivity index (χ4v) is 3.25. The Morgan fingerprint density at radius 2 is 1.86 bits per heavy atom. The summed E-state index contributed by atoms with van der Waals surface area (Å²) in [5.41, 5.74) is 2.14. The van der Waals surface area contributed by atoms with Gasteiger partial charge >= 0.3 is 5.97 Å². The molecule has 0 spiro atoms. The minimum absolute atomic E-state index is 0.192. The van der Waals surface area contributed by atoms with Crippen LogP contribution in [0.2, 0.25) is 0 Å². The summed E-state index contributed by atoms with van der Waals surface area (Å²) in [4.78, 5) is 11.7. The first-order valence-electron chi connectivity index (χ1n) is 7.71. The molecule has 2 rings (SSSR count). The van der Waals surface area contributed by atoms with Crippen LogP contribution in [0.25, 0.3) is 0 Å². The molecule has 0 saturated carbocycles. The van der Waals surface area contributed by atoms with Crippen LogP contribution in [-0.2, 0) is 9.53 Å². The smallest absolute Gasteiger partial charge is 0.324 e. The van der Waals surface area contributed by atoms with Crippen molar-refractivity contribution < 1.29 is 14.0 Å². The number of carbonyl (C=O) groups is 1. The van der Waals surface area contributed by atoms with Gasteiger partial charge in [0.05, 0.1) is 20.1 Å². The molecular weight excluding hydrogens is 330 g/mol. The molecule has 1 saturated heterocycles. The zero-order valence-corrected chi connectivity index (χ0v) is 14.6. The molecule has 1 aliphatic rings. The highest BCUT2D eigenvalue weighted by Gasteiger charge is 2.25. The number of carbonyl (C=O) groups excluding carboxylic acids is 1. The molecule has 0 aliphatic carbocycles. The van der Waals surface area contributed by atoms with Gasteiger partial charge in [0, 0.05) is 0 Å². The second-order valence-electron chi connectivity index (χ2n) is 6.29. The van der Waals surface area contributed by atoms with Crippen LogP contribution in [0.5, 0.6) is 0 Å². The molecule has 116 valence electrons. The van der Waals surface area contributed by atoms with Crippen LogP contribution in [0.3, 0.4) is 0 Å². The number of halogens is 1. The van der Waals surface area contributed by atoms with Crippen LogP contribution in [0.4, 0.5) is 0 Å². The van der Waals surface area contributed by atoms with Crippen molar-refractivity contribution in [2.75, 3.05) is 33.3 Å². The number of alkyl halides is 1. The second-order valence-corrected chi connectivity index (χ2v) is 7.21. The number of rotatable bonds is 5. The summed E-state index contributed by atoms with van der Waals surface area (Å²) in [7, 11) is 2.26. The lowest BCUT2D eigenvalue weighted by molar-refractivity contribution is -0.914. The van der Waals surface area contributed by atoms with Crippen molar-refractivity contribution in [3.8, 4) is 0 Å². The summed E-state index contributed by atoms with van der Waals surface area (Å²) in [5, 5.41) is 0. The predicted molar refractivity (Wildman–Crippen MR) is 88.4 cm³/mol. The Labute approximate surface area is 136 Å². The van der Waals surface area contributed by atoms with E-state index in [4.69, 9.17) is 4.74 Å². The Morgan fingerprint density at radius 1 is 1.24 bits per heavy atom. The van der Waals surface area contributed by atoms with E-state index < -0.39 is 0 Å². The van der Waals surface area contributed by atoms with Crippen LogP contribution in [0.1, 0.15) is 35.2 Å². The maximum Gasteiger partial charge on any atom is 0.324 e. The molecule has 1 aromatic rings. The van der Waals surface area contributed by atoms with E-state index >= 15 is 0 Å². The van der Waals surface area contributed by atoms with Crippen molar-refractivity contribution >= 4 is 21.9 Å². The monoisotopic (exact) mass is 354 g/mol. The number of piperidine rings is 1. The third-order valence-corrected chi connectivity index (χ3v) is 5.25. The van der Waals surface area contributed by atoms with E-state index in [1.54, 1.807) is 0 Å². The lowest BCUT2D eigenvalue weighted by Gasteiger charge is -2.37. The molecule has 1 atom stereocenters. The number of nitrogens with zero attached hydrogens (tertiary/aromatic N) is 1. The Morgan fingerprint density at radius 3 is 2.48 bits per heavy atom. The summed E-state index contributed by atoms with van der Waals surface area (Å²) < 4.78 is 6.49. The standard InChI is InChI=1S/C17H25BrNO2/c1-14-6-8-15(9-7-14)16(18)17(20)21-13-12-19(2)10-4-3-5-11-19/h6-9,16H,3-5,10-13H2,1-2H3/q+1. The normalized spacial score (nSPS) is 19.0. The summed E-state index contributed by atoms with van der Waals surface area (Å²) in [6, 6.07) is 7.96. The van der Waals surface area contributed by atoms with Gasteiger partial charge in [0.2, 0.25) is 0 Å². The van der Waals surface area contributed by atoms with Gasteiger partial charge in [0.1, 0.15) is 18.0 Å². The topological polar surface area (TPSA) is 26.3 Å². The van der Waals surface area contributed by atoms with E-state index in [1.807, 2.05) is 31.2 Å². The first-order valence-corrected chi connectivity index (χ1v) is 8.63. The average molecular weight is 355 g/mol. The van der Waals surface area contributed by atoms with Crippen LogP contribution in [-0.4, -0.2) is 43.7 Å². The van der Waals surface area contributed by atoms with E-state index in [0.29, 0.717) is 6.61 Å². The number of quaternary nitrogens is 1.